The summed E-state index contributed by atoms with van der Waals surface area (Å²) in [4.78, 5) is 12.2. The minimum atomic E-state index is -0.0308. The molecule has 2 rings (SSSR count). The van der Waals surface area contributed by atoms with Crippen LogP contribution < -0.4 is 4.74 Å². The molecule has 0 unspecified atom stereocenters. The number of hydrogen-bond donors (Lipinski definition) is 0. The molecule has 0 atom stereocenters. The lowest BCUT2D eigenvalue weighted by Gasteiger charge is -2.09. The lowest BCUT2D eigenvalue weighted by Crippen LogP contribution is -2.12. The first kappa shape index (κ1) is 12.8. The van der Waals surface area contributed by atoms with E-state index in [0.717, 1.165) is 11.4 Å². The highest BCUT2D eigenvalue weighted by Crippen LogP contribution is 2.14. The Kier molecular flexibility index (Phi) is 3.47. The Morgan fingerprint density at radius 2 is 1.94 bits per heavy atom. The summed E-state index contributed by atoms with van der Waals surface area (Å²) < 4.78 is 7.02. The Morgan fingerprint density at radius 3 is 2.50 bits per heavy atom. The zero-order valence-electron chi connectivity index (χ0n) is 10.7. The van der Waals surface area contributed by atoms with E-state index in [0.29, 0.717) is 5.95 Å². The van der Waals surface area contributed by atoms with Crippen LogP contribution in [0.25, 0.3) is 5.95 Å². The highest BCUT2D eigenvalue weighted by atomic mass is 35.5. The van der Waals surface area contributed by atoms with E-state index in [1.54, 1.807) is 4.68 Å². The van der Waals surface area contributed by atoms with Crippen molar-refractivity contribution in [1.29, 1.82) is 0 Å². The van der Waals surface area contributed by atoms with Crippen LogP contribution in [0.5, 0.6) is 6.01 Å². The molecule has 0 fully saturated rings. The molecule has 2 aromatic rings. The molecular formula is C11H14ClN5O. The quantitative estimate of drug-likeness (QED) is 0.852. The summed E-state index contributed by atoms with van der Waals surface area (Å²) in [5.41, 5.74) is 1.81. The minimum absolute atomic E-state index is 0.0308. The Morgan fingerprint density at radius 1 is 1.22 bits per heavy atom. The van der Waals surface area contributed by atoms with E-state index in [2.05, 4.69) is 20.1 Å². The topological polar surface area (TPSA) is 65.7 Å². The molecule has 0 saturated carbocycles. The van der Waals surface area contributed by atoms with Gasteiger partial charge in [-0.2, -0.15) is 20.1 Å². The van der Waals surface area contributed by atoms with E-state index >= 15 is 0 Å². The highest BCUT2D eigenvalue weighted by Gasteiger charge is 2.12. The number of rotatable bonds is 3. The van der Waals surface area contributed by atoms with Crippen LogP contribution in [0.2, 0.25) is 5.28 Å². The molecule has 6 nitrogen and oxygen atoms in total. The van der Waals surface area contributed by atoms with E-state index in [9.17, 15) is 0 Å². The third-order valence-electron chi connectivity index (χ3n) is 2.12. The van der Waals surface area contributed by atoms with E-state index in [-0.39, 0.29) is 17.4 Å². The summed E-state index contributed by atoms with van der Waals surface area (Å²) in [5, 5.41) is 4.38. The van der Waals surface area contributed by atoms with Gasteiger partial charge in [0.1, 0.15) is 0 Å². The Hall–Kier alpha value is -1.69. The molecule has 0 amide bonds. The highest BCUT2D eigenvalue weighted by molar-refractivity contribution is 6.28. The van der Waals surface area contributed by atoms with Gasteiger partial charge in [-0.05, 0) is 45.4 Å². The number of halogens is 1. The molecule has 0 aliphatic carbocycles. The SMILES string of the molecule is Cc1cc(C)n(-c2nc(Cl)nc(OC(C)C)n2)n1. The van der Waals surface area contributed by atoms with Crippen LogP contribution in [0.4, 0.5) is 0 Å². The van der Waals surface area contributed by atoms with Crippen molar-refractivity contribution in [3.63, 3.8) is 0 Å². The molecule has 0 aromatic carbocycles. The standard InChI is InChI=1S/C11H14ClN5O/c1-6(2)18-11-14-9(12)13-10(15-11)17-8(4)5-7(3)16-17/h5-6H,1-4H3. The van der Waals surface area contributed by atoms with E-state index < -0.39 is 0 Å². The van der Waals surface area contributed by atoms with Gasteiger partial charge in [0.05, 0.1) is 11.8 Å². The predicted molar refractivity (Wildman–Crippen MR) is 67.2 cm³/mol. The van der Waals surface area contributed by atoms with Crippen molar-refractivity contribution in [3.8, 4) is 12.0 Å². The second kappa shape index (κ2) is 4.89. The number of ether oxygens (including phenoxy) is 1. The first-order chi connectivity index (χ1) is 8.45. The number of nitrogens with zero attached hydrogens (tertiary/aromatic N) is 5. The summed E-state index contributed by atoms with van der Waals surface area (Å²) >= 11 is 5.86. The van der Waals surface area contributed by atoms with Crippen molar-refractivity contribution in [3.05, 3.63) is 22.7 Å². The van der Waals surface area contributed by atoms with Crippen molar-refractivity contribution in [2.24, 2.45) is 0 Å². The van der Waals surface area contributed by atoms with Crippen LogP contribution in [0.15, 0.2) is 6.07 Å². The van der Waals surface area contributed by atoms with Gasteiger partial charge in [0, 0.05) is 5.69 Å². The molecule has 0 saturated heterocycles. The lowest BCUT2D eigenvalue weighted by molar-refractivity contribution is 0.221. The molecule has 0 radical (unpaired) electrons. The van der Waals surface area contributed by atoms with Gasteiger partial charge in [0.2, 0.25) is 5.28 Å². The normalized spacial score (nSPS) is 11.0. The number of aromatic nitrogens is 5. The fourth-order valence-corrected chi connectivity index (χ4v) is 1.66. The third kappa shape index (κ3) is 2.76. The zero-order valence-corrected chi connectivity index (χ0v) is 11.4. The molecular weight excluding hydrogens is 254 g/mol. The van der Waals surface area contributed by atoms with Gasteiger partial charge >= 0.3 is 6.01 Å². The van der Waals surface area contributed by atoms with Crippen molar-refractivity contribution >= 4 is 11.6 Å². The smallest absolute Gasteiger partial charge is 0.322 e. The average molecular weight is 268 g/mol. The van der Waals surface area contributed by atoms with Crippen LogP contribution in [0, 0.1) is 13.8 Å². The van der Waals surface area contributed by atoms with Gasteiger partial charge < -0.3 is 4.74 Å². The molecule has 0 aliphatic rings. The minimum Gasteiger partial charge on any atom is -0.461 e. The van der Waals surface area contributed by atoms with E-state index in [1.165, 1.54) is 0 Å². The summed E-state index contributed by atoms with van der Waals surface area (Å²) in [6.07, 6.45) is -0.0308. The zero-order chi connectivity index (χ0) is 13.3. The maximum atomic E-state index is 5.86. The molecule has 0 bridgehead atoms. The Balaban J connectivity index is 2.44. The van der Waals surface area contributed by atoms with Crippen LogP contribution >= 0.6 is 11.6 Å². The van der Waals surface area contributed by atoms with Gasteiger partial charge in [0.25, 0.3) is 5.95 Å². The molecule has 2 heterocycles. The van der Waals surface area contributed by atoms with Crippen LogP contribution in [0.1, 0.15) is 25.2 Å². The molecule has 96 valence electrons. The Bertz CT molecular complexity index is 567. The van der Waals surface area contributed by atoms with Crippen molar-refractivity contribution < 1.29 is 4.74 Å². The maximum absolute atomic E-state index is 5.86. The summed E-state index contributed by atoms with van der Waals surface area (Å²) in [7, 11) is 0. The van der Waals surface area contributed by atoms with Gasteiger partial charge in [0.15, 0.2) is 0 Å². The molecule has 0 spiro atoms. The second-order valence-corrected chi connectivity index (χ2v) is 4.53. The van der Waals surface area contributed by atoms with Gasteiger partial charge in [-0.1, -0.05) is 0 Å². The Labute approximate surface area is 110 Å². The fraction of sp³-hybridized carbons (Fsp3) is 0.455. The fourth-order valence-electron chi connectivity index (χ4n) is 1.51. The summed E-state index contributed by atoms with van der Waals surface area (Å²) in [6, 6.07) is 2.13. The van der Waals surface area contributed by atoms with Gasteiger partial charge in [-0.15, -0.1) is 0 Å². The average Bonchev–Trinajstić information content (AvgIpc) is 2.55. The third-order valence-corrected chi connectivity index (χ3v) is 2.28. The van der Waals surface area contributed by atoms with Crippen molar-refractivity contribution in [1.82, 2.24) is 24.7 Å². The molecule has 0 aliphatic heterocycles. The molecule has 18 heavy (non-hydrogen) atoms. The van der Waals surface area contributed by atoms with Crippen molar-refractivity contribution in [2.75, 3.05) is 0 Å². The van der Waals surface area contributed by atoms with E-state index in [1.807, 2.05) is 33.8 Å². The first-order valence-electron chi connectivity index (χ1n) is 5.57. The second-order valence-electron chi connectivity index (χ2n) is 4.19. The van der Waals surface area contributed by atoms with Crippen LogP contribution in [0.3, 0.4) is 0 Å². The monoisotopic (exact) mass is 267 g/mol. The van der Waals surface area contributed by atoms with Crippen molar-refractivity contribution in [2.45, 2.75) is 33.8 Å². The summed E-state index contributed by atoms with van der Waals surface area (Å²) in [6.45, 7) is 7.60. The number of aryl methyl sites for hydroxylation is 2. The van der Waals surface area contributed by atoms with Gasteiger partial charge in [-0.25, -0.2) is 4.68 Å². The molecule has 2 aromatic heterocycles. The lowest BCUT2D eigenvalue weighted by atomic mass is 10.4. The molecule has 7 heteroatoms. The van der Waals surface area contributed by atoms with E-state index in [4.69, 9.17) is 16.3 Å². The largest absolute Gasteiger partial charge is 0.461 e. The first-order valence-corrected chi connectivity index (χ1v) is 5.95. The van der Waals surface area contributed by atoms with Crippen LogP contribution in [-0.2, 0) is 0 Å². The van der Waals surface area contributed by atoms with Gasteiger partial charge in [-0.3, -0.25) is 0 Å². The maximum Gasteiger partial charge on any atom is 0.322 e. The van der Waals surface area contributed by atoms with Crippen LogP contribution in [-0.4, -0.2) is 30.8 Å². The predicted octanol–water partition coefficient (Wildman–Crippen LogP) is 2.11. The number of hydrogen-bond acceptors (Lipinski definition) is 5. The summed E-state index contributed by atoms with van der Waals surface area (Å²) in [5.74, 6) is 0.358. The molecule has 0 N–H and O–H groups in total.